The minimum atomic E-state index is 0.260. The smallest absolute Gasteiger partial charge is 0.166 e. The molecule has 210 valence electrons. The summed E-state index contributed by atoms with van der Waals surface area (Å²) in [7, 11) is 1.75. The average molecular weight is 535 g/mol. The molecular weight excluding hydrogens is 492 g/mol. The molecule has 0 radical (unpaired) electrons. The number of fused-ring (bicyclic) bond motifs is 1. The SMILES string of the molecule is CC.COCCCN1CCOCC1.Cc1cccc(-n2ncc3c2N=CCN=C3NCc2ccc(O)cc2)c1. The predicted octanol–water partition coefficient (Wildman–Crippen LogP) is 4.52. The topological polar surface area (TPSA) is 96.5 Å². The normalized spacial score (nSPS) is 14.6. The van der Waals surface area contributed by atoms with Crippen molar-refractivity contribution in [2.24, 2.45) is 9.98 Å². The molecule has 39 heavy (non-hydrogen) atoms. The quantitative estimate of drug-likeness (QED) is 0.433. The monoisotopic (exact) mass is 534 g/mol. The molecule has 2 aliphatic rings. The van der Waals surface area contributed by atoms with E-state index < -0.39 is 0 Å². The fourth-order valence-corrected chi connectivity index (χ4v) is 4.13. The Morgan fingerprint density at radius 2 is 1.85 bits per heavy atom. The lowest BCUT2D eigenvalue weighted by Crippen LogP contribution is -2.37. The van der Waals surface area contributed by atoms with Crippen LogP contribution in [0.3, 0.4) is 0 Å². The van der Waals surface area contributed by atoms with Gasteiger partial charge in [0.25, 0.3) is 0 Å². The first-order chi connectivity index (χ1) is 19.1. The van der Waals surface area contributed by atoms with Gasteiger partial charge in [-0.25, -0.2) is 9.67 Å². The molecule has 9 nitrogen and oxygen atoms in total. The molecule has 9 heteroatoms. The van der Waals surface area contributed by atoms with Crippen LogP contribution in [0.4, 0.5) is 5.82 Å². The second-order valence-corrected chi connectivity index (χ2v) is 8.95. The summed E-state index contributed by atoms with van der Waals surface area (Å²) in [5, 5.41) is 17.3. The average Bonchev–Trinajstić information content (AvgIpc) is 3.29. The Hall–Kier alpha value is -3.53. The van der Waals surface area contributed by atoms with Gasteiger partial charge in [-0.2, -0.15) is 5.10 Å². The molecule has 1 fully saturated rings. The molecule has 0 atom stereocenters. The number of benzene rings is 2. The van der Waals surface area contributed by atoms with Crippen LogP contribution in [0.5, 0.6) is 5.75 Å². The Bertz CT molecular complexity index is 1180. The van der Waals surface area contributed by atoms with Gasteiger partial charge in [-0.1, -0.05) is 38.1 Å². The maximum atomic E-state index is 9.40. The Balaban J connectivity index is 0.000000272. The first-order valence-corrected chi connectivity index (χ1v) is 13.7. The molecule has 0 bridgehead atoms. The predicted molar refractivity (Wildman–Crippen MR) is 158 cm³/mol. The molecule has 0 spiro atoms. The van der Waals surface area contributed by atoms with Crippen molar-refractivity contribution in [2.75, 3.05) is 53.1 Å². The number of rotatable bonds is 7. The van der Waals surface area contributed by atoms with Crippen molar-refractivity contribution in [3.8, 4) is 11.4 Å². The summed E-state index contributed by atoms with van der Waals surface area (Å²) < 4.78 is 12.0. The van der Waals surface area contributed by atoms with Crippen molar-refractivity contribution >= 4 is 17.9 Å². The van der Waals surface area contributed by atoms with E-state index in [-0.39, 0.29) is 5.75 Å². The Morgan fingerprint density at radius 3 is 2.56 bits per heavy atom. The van der Waals surface area contributed by atoms with Gasteiger partial charge in [-0.15, -0.1) is 0 Å². The standard InChI is InChI=1S/C20H19N5O.C8H17NO2.C2H6/c1-14-3-2-4-16(11-14)25-20-18(13-24-25)19(21-9-10-22-20)23-12-15-5-7-17(26)8-6-15;1-10-6-2-3-9-4-7-11-8-5-9;1-2/h2-8,10-11,13,26H,9,12H2,1H3,(H,21,23);2-8H2,1H3;1-2H3. The highest BCUT2D eigenvalue weighted by atomic mass is 16.5. The van der Waals surface area contributed by atoms with E-state index in [1.807, 2.05) is 42.8 Å². The zero-order chi connectivity index (χ0) is 27.9. The van der Waals surface area contributed by atoms with Crippen LogP contribution in [0.25, 0.3) is 5.69 Å². The van der Waals surface area contributed by atoms with Crippen molar-refractivity contribution in [3.05, 3.63) is 71.4 Å². The van der Waals surface area contributed by atoms with E-state index in [0.29, 0.717) is 13.1 Å². The zero-order valence-electron chi connectivity index (χ0n) is 23.6. The molecule has 2 N–H and O–H groups in total. The molecule has 2 aromatic carbocycles. The molecular formula is C30H42N6O3. The largest absolute Gasteiger partial charge is 0.508 e. The molecule has 3 aromatic rings. The Morgan fingerprint density at radius 1 is 1.08 bits per heavy atom. The van der Waals surface area contributed by atoms with Gasteiger partial charge in [0.2, 0.25) is 0 Å². The summed E-state index contributed by atoms with van der Waals surface area (Å²) in [6.45, 7) is 13.2. The van der Waals surface area contributed by atoms with Crippen LogP contribution in [0.15, 0.2) is 64.7 Å². The second kappa shape index (κ2) is 16.4. The molecule has 0 saturated carbocycles. The third kappa shape index (κ3) is 9.31. The molecule has 0 amide bonds. The van der Waals surface area contributed by atoms with E-state index in [9.17, 15) is 5.11 Å². The van der Waals surface area contributed by atoms with Crippen LogP contribution in [0.1, 0.15) is 37.0 Å². The van der Waals surface area contributed by atoms with Crippen molar-refractivity contribution in [2.45, 2.75) is 33.7 Å². The number of nitrogens with zero attached hydrogens (tertiary/aromatic N) is 5. The molecule has 0 aliphatic carbocycles. The van der Waals surface area contributed by atoms with Crippen LogP contribution >= 0.6 is 0 Å². The third-order valence-corrected chi connectivity index (χ3v) is 6.11. The van der Waals surface area contributed by atoms with Crippen molar-refractivity contribution in [3.63, 3.8) is 0 Å². The molecule has 0 unspecified atom stereocenters. The summed E-state index contributed by atoms with van der Waals surface area (Å²) in [5.74, 6) is 1.80. The fourth-order valence-electron chi connectivity index (χ4n) is 4.13. The molecule has 5 rings (SSSR count). The van der Waals surface area contributed by atoms with Gasteiger partial charge in [0, 0.05) is 46.1 Å². The van der Waals surface area contributed by atoms with Gasteiger partial charge in [0.15, 0.2) is 5.82 Å². The van der Waals surface area contributed by atoms with Gasteiger partial charge in [-0.3, -0.25) is 9.89 Å². The number of ether oxygens (including phenoxy) is 2. The maximum Gasteiger partial charge on any atom is 0.166 e. The highest BCUT2D eigenvalue weighted by Gasteiger charge is 2.18. The minimum absolute atomic E-state index is 0.260. The van der Waals surface area contributed by atoms with Crippen LogP contribution in [0, 0.1) is 6.92 Å². The number of phenols is 1. The lowest BCUT2D eigenvalue weighted by molar-refractivity contribution is 0.0340. The summed E-state index contributed by atoms with van der Waals surface area (Å²) >= 11 is 0. The molecule has 1 saturated heterocycles. The molecule has 3 heterocycles. The van der Waals surface area contributed by atoms with E-state index in [4.69, 9.17) is 9.47 Å². The van der Waals surface area contributed by atoms with Gasteiger partial charge < -0.3 is 19.9 Å². The number of hydrogen-bond acceptors (Lipinski definition) is 8. The van der Waals surface area contributed by atoms with Gasteiger partial charge in [0.1, 0.15) is 11.6 Å². The van der Waals surface area contributed by atoms with E-state index in [1.54, 1.807) is 31.7 Å². The maximum absolute atomic E-state index is 9.40. The number of phenolic OH excluding ortho intramolecular Hbond substituents is 1. The Labute approximate surface area is 232 Å². The number of aromatic hydroxyl groups is 1. The van der Waals surface area contributed by atoms with Crippen molar-refractivity contribution in [1.29, 1.82) is 0 Å². The van der Waals surface area contributed by atoms with Gasteiger partial charge >= 0.3 is 0 Å². The number of aromatic nitrogens is 2. The van der Waals surface area contributed by atoms with E-state index in [1.165, 1.54) is 5.56 Å². The number of morpholine rings is 1. The summed E-state index contributed by atoms with van der Waals surface area (Å²) in [6.07, 6.45) is 4.72. The van der Waals surface area contributed by atoms with Crippen LogP contribution in [-0.2, 0) is 16.0 Å². The van der Waals surface area contributed by atoms with E-state index in [2.05, 4.69) is 44.4 Å². The highest BCUT2D eigenvalue weighted by molar-refractivity contribution is 6.04. The molecule has 1 aromatic heterocycles. The fraction of sp³-hybridized carbons (Fsp3) is 0.433. The first-order valence-electron chi connectivity index (χ1n) is 13.7. The van der Waals surface area contributed by atoms with Crippen molar-refractivity contribution < 1.29 is 14.6 Å². The second-order valence-electron chi connectivity index (χ2n) is 8.95. The number of hydrogen-bond donors (Lipinski definition) is 2. The lowest BCUT2D eigenvalue weighted by Gasteiger charge is -2.26. The number of aliphatic imine (C=N–C) groups is 2. The summed E-state index contributed by atoms with van der Waals surface area (Å²) in [5.41, 5.74) is 4.08. The molecule has 2 aliphatic heterocycles. The van der Waals surface area contributed by atoms with Crippen molar-refractivity contribution in [1.82, 2.24) is 20.0 Å². The summed E-state index contributed by atoms with van der Waals surface area (Å²) in [6, 6.07) is 15.3. The number of aryl methyl sites for hydroxylation is 1. The Kier molecular flexibility index (Phi) is 12.7. The van der Waals surface area contributed by atoms with Crippen LogP contribution in [-0.4, -0.2) is 84.9 Å². The number of amidine groups is 1. The number of methoxy groups -OCH3 is 1. The zero-order valence-corrected chi connectivity index (χ0v) is 23.6. The van der Waals surface area contributed by atoms with E-state index in [0.717, 1.165) is 74.3 Å². The first kappa shape index (κ1) is 30.0. The minimum Gasteiger partial charge on any atom is -0.508 e. The van der Waals surface area contributed by atoms with Crippen LogP contribution in [0.2, 0.25) is 0 Å². The highest BCUT2D eigenvalue weighted by Crippen LogP contribution is 2.25. The van der Waals surface area contributed by atoms with E-state index >= 15 is 0 Å². The number of nitrogens with one attached hydrogen (secondary N) is 1. The van der Waals surface area contributed by atoms with Gasteiger partial charge in [0.05, 0.1) is 37.2 Å². The summed E-state index contributed by atoms with van der Waals surface area (Å²) in [4.78, 5) is 11.6. The van der Waals surface area contributed by atoms with Crippen LogP contribution < -0.4 is 5.32 Å². The van der Waals surface area contributed by atoms with Gasteiger partial charge in [-0.05, 0) is 48.7 Å². The lowest BCUT2D eigenvalue weighted by atomic mass is 10.2. The third-order valence-electron chi connectivity index (χ3n) is 6.11.